The zero-order chi connectivity index (χ0) is 12.8. The van der Waals surface area contributed by atoms with E-state index in [9.17, 15) is 0 Å². The third kappa shape index (κ3) is 1.50. The van der Waals surface area contributed by atoms with Gasteiger partial charge in [-0.15, -0.1) is 0 Å². The standard InChI is InChI=1S/C15H13N3O/c1-17-9-16-18(10-17)13-7-4-6-12-11-5-2-3-8-14(11)19-15(12)13/h2-9H,10H2,1H3. The van der Waals surface area contributed by atoms with Crippen LogP contribution in [0.4, 0.5) is 5.69 Å². The molecule has 1 aromatic heterocycles. The summed E-state index contributed by atoms with van der Waals surface area (Å²) in [7, 11) is 2.00. The second-order valence-electron chi connectivity index (χ2n) is 4.78. The molecule has 4 nitrogen and oxygen atoms in total. The van der Waals surface area contributed by atoms with E-state index in [2.05, 4.69) is 17.2 Å². The Morgan fingerprint density at radius 3 is 2.74 bits per heavy atom. The van der Waals surface area contributed by atoms with Gasteiger partial charge in [0.2, 0.25) is 0 Å². The molecule has 2 heterocycles. The van der Waals surface area contributed by atoms with Crippen LogP contribution in [0, 0.1) is 0 Å². The minimum absolute atomic E-state index is 0.746. The average Bonchev–Trinajstić information content (AvgIpc) is 3.02. The highest BCUT2D eigenvalue weighted by Gasteiger charge is 2.18. The number of nitrogens with zero attached hydrogens (tertiary/aromatic N) is 3. The molecular formula is C15H13N3O. The van der Waals surface area contributed by atoms with Crippen molar-refractivity contribution >= 4 is 34.0 Å². The van der Waals surface area contributed by atoms with Crippen LogP contribution in [0.15, 0.2) is 52.0 Å². The van der Waals surface area contributed by atoms with Crippen LogP contribution < -0.4 is 5.01 Å². The predicted octanol–water partition coefficient (Wildman–Crippen LogP) is 3.24. The van der Waals surface area contributed by atoms with Gasteiger partial charge in [-0.3, -0.25) is 0 Å². The van der Waals surface area contributed by atoms with Gasteiger partial charge in [0.25, 0.3) is 0 Å². The van der Waals surface area contributed by atoms with E-state index >= 15 is 0 Å². The van der Waals surface area contributed by atoms with Crippen LogP contribution in [-0.2, 0) is 0 Å². The van der Waals surface area contributed by atoms with Gasteiger partial charge in [0.15, 0.2) is 5.58 Å². The maximum atomic E-state index is 6.00. The molecule has 4 rings (SSSR count). The molecule has 94 valence electrons. The number of furan rings is 1. The number of hydrogen-bond donors (Lipinski definition) is 0. The maximum Gasteiger partial charge on any atom is 0.160 e. The topological polar surface area (TPSA) is 32.0 Å². The molecule has 0 atom stereocenters. The van der Waals surface area contributed by atoms with E-state index in [1.807, 2.05) is 53.6 Å². The van der Waals surface area contributed by atoms with E-state index in [1.54, 1.807) is 0 Å². The minimum atomic E-state index is 0.746. The highest BCUT2D eigenvalue weighted by Crippen LogP contribution is 2.35. The Labute approximate surface area is 110 Å². The summed E-state index contributed by atoms with van der Waals surface area (Å²) >= 11 is 0. The second-order valence-corrected chi connectivity index (χ2v) is 4.78. The van der Waals surface area contributed by atoms with E-state index in [1.165, 1.54) is 0 Å². The Morgan fingerprint density at radius 1 is 1.05 bits per heavy atom. The number of hydrazone groups is 1. The molecule has 0 radical (unpaired) electrons. The quantitative estimate of drug-likeness (QED) is 0.665. The van der Waals surface area contributed by atoms with E-state index in [-0.39, 0.29) is 0 Å². The van der Waals surface area contributed by atoms with E-state index in [4.69, 9.17) is 4.42 Å². The lowest BCUT2D eigenvalue weighted by Crippen LogP contribution is -2.22. The van der Waals surface area contributed by atoms with Crippen LogP contribution in [0.3, 0.4) is 0 Å². The van der Waals surface area contributed by atoms with Crippen molar-refractivity contribution in [3.63, 3.8) is 0 Å². The number of benzene rings is 2. The Balaban J connectivity index is 1.99. The number of fused-ring (bicyclic) bond motifs is 3. The fourth-order valence-corrected chi connectivity index (χ4v) is 2.51. The molecule has 2 aromatic carbocycles. The molecule has 0 aliphatic carbocycles. The number of rotatable bonds is 1. The van der Waals surface area contributed by atoms with Gasteiger partial charge in [0.1, 0.15) is 24.3 Å². The van der Waals surface area contributed by atoms with Gasteiger partial charge in [0, 0.05) is 17.8 Å². The third-order valence-electron chi connectivity index (χ3n) is 3.41. The van der Waals surface area contributed by atoms with Gasteiger partial charge in [0.05, 0.1) is 0 Å². The zero-order valence-corrected chi connectivity index (χ0v) is 10.6. The van der Waals surface area contributed by atoms with Crippen molar-refractivity contribution in [3.8, 4) is 0 Å². The zero-order valence-electron chi connectivity index (χ0n) is 10.6. The van der Waals surface area contributed by atoms with Crippen molar-refractivity contribution in [1.29, 1.82) is 0 Å². The van der Waals surface area contributed by atoms with Crippen LogP contribution in [-0.4, -0.2) is 25.0 Å². The molecule has 19 heavy (non-hydrogen) atoms. The fraction of sp³-hybridized carbons (Fsp3) is 0.133. The Hall–Kier alpha value is -2.49. The van der Waals surface area contributed by atoms with Crippen LogP contribution in [0.1, 0.15) is 0 Å². The van der Waals surface area contributed by atoms with Crippen molar-refractivity contribution in [1.82, 2.24) is 4.90 Å². The molecule has 0 unspecified atom stereocenters. The maximum absolute atomic E-state index is 6.00. The molecule has 0 saturated heterocycles. The lowest BCUT2D eigenvalue weighted by molar-refractivity contribution is 0.548. The minimum Gasteiger partial charge on any atom is -0.454 e. The first-order valence-electron chi connectivity index (χ1n) is 6.25. The molecule has 1 aliphatic heterocycles. The molecule has 1 aliphatic rings. The molecule has 0 N–H and O–H groups in total. The Kier molecular flexibility index (Phi) is 2.06. The summed E-state index contributed by atoms with van der Waals surface area (Å²) in [5.74, 6) is 0. The van der Waals surface area contributed by atoms with Gasteiger partial charge in [-0.25, -0.2) is 5.01 Å². The highest BCUT2D eigenvalue weighted by atomic mass is 16.3. The lowest BCUT2D eigenvalue weighted by Gasteiger charge is -2.15. The van der Waals surface area contributed by atoms with Crippen molar-refractivity contribution in [2.45, 2.75) is 0 Å². The van der Waals surface area contributed by atoms with Crippen LogP contribution in [0.2, 0.25) is 0 Å². The smallest absolute Gasteiger partial charge is 0.160 e. The molecule has 0 spiro atoms. The van der Waals surface area contributed by atoms with Crippen molar-refractivity contribution < 1.29 is 4.42 Å². The van der Waals surface area contributed by atoms with Gasteiger partial charge < -0.3 is 9.32 Å². The third-order valence-corrected chi connectivity index (χ3v) is 3.41. The molecule has 0 saturated carbocycles. The highest BCUT2D eigenvalue weighted by molar-refractivity contribution is 6.08. The summed E-state index contributed by atoms with van der Waals surface area (Å²) < 4.78 is 6.00. The molecule has 0 fully saturated rings. The first-order valence-corrected chi connectivity index (χ1v) is 6.25. The molecule has 0 bridgehead atoms. The number of anilines is 1. The fourth-order valence-electron chi connectivity index (χ4n) is 2.51. The van der Waals surface area contributed by atoms with Crippen molar-refractivity contribution in [2.75, 3.05) is 18.7 Å². The summed E-state index contributed by atoms with van der Waals surface area (Å²) in [4.78, 5) is 2.03. The van der Waals surface area contributed by atoms with Gasteiger partial charge >= 0.3 is 0 Å². The van der Waals surface area contributed by atoms with E-state index < -0.39 is 0 Å². The van der Waals surface area contributed by atoms with E-state index in [0.29, 0.717) is 0 Å². The first kappa shape index (κ1) is 10.4. The lowest BCUT2D eigenvalue weighted by atomic mass is 10.1. The van der Waals surface area contributed by atoms with Gasteiger partial charge in [-0.2, -0.15) is 5.10 Å². The summed E-state index contributed by atoms with van der Waals surface area (Å²) in [6.07, 6.45) is 1.82. The summed E-state index contributed by atoms with van der Waals surface area (Å²) in [5.41, 5.74) is 2.83. The summed E-state index contributed by atoms with van der Waals surface area (Å²) in [6, 6.07) is 14.3. The molecule has 0 amide bonds. The van der Waals surface area contributed by atoms with Crippen LogP contribution >= 0.6 is 0 Å². The largest absolute Gasteiger partial charge is 0.454 e. The summed E-state index contributed by atoms with van der Waals surface area (Å²) in [6.45, 7) is 0.746. The SMILES string of the molecule is CN1C=NN(c2cccc3c2oc2ccccc23)C1. The predicted molar refractivity (Wildman–Crippen MR) is 77.3 cm³/mol. The number of hydrogen-bond acceptors (Lipinski definition) is 4. The second kappa shape index (κ2) is 3.75. The van der Waals surface area contributed by atoms with E-state index in [0.717, 1.165) is 34.3 Å². The molecule has 3 aromatic rings. The first-order chi connectivity index (χ1) is 9.33. The van der Waals surface area contributed by atoms with Gasteiger partial charge in [-0.1, -0.05) is 30.3 Å². The van der Waals surface area contributed by atoms with Crippen LogP contribution in [0.5, 0.6) is 0 Å². The summed E-state index contributed by atoms with van der Waals surface area (Å²) in [5, 5.41) is 8.62. The normalized spacial score (nSPS) is 15.0. The Morgan fingerprint density at radius 2 is 1.89 bits per heavy atom. The monoisotopic (exact) mass is 251 g/mol. The van der Waals surface area contributed by atoms with Crippen molar-refractivity contribution in [3.05, 3.63) is 42.5 Å². The van der Waals surface area contributed by atoms with Crippen LogP contribution in [0.25, 0.3) is 21.9 Å². The van der Waals surface area contributed by atoms with Crippen molar-refractivity contribution in [2.24, 2.45) is 5.10 Å². The number of para-hydroxylation sites is 2. The molecule has 4 heteroatoms. The average molecular weight is 251 g/mol. The van der Waals surface area contributed by atoms with Gasteiger partial charge in [-0.05, 0) is 12.1 Å². The Bertz CT molecular complexity index is 790. The molecular weight excluding hydrogens is 238 g/mol.